The summed E-state index contributed by atoms with van der Waals surface area (Å²) in [5, 5.41) is 8.72. The maximum absolute atomic E-state index is 13.1. The Balaban J connectivity index is 2.18. The number of aliphatic hydroxyl groups is 1. The molecule has 0 atom stereocenters. The molecule has 4 nitrogen and oxygen atoms in total. The molecule has 1 aromatic heterocycles. The van der Waals surface area contributed by atoms with Crippen molar-refractivity contribution in [2.24, 2.45) is 0 Å². The number of hydrogen-bond donors (Lipinski definition) is 1. The van der Waals surface area contributed by atoms with Crippen LogP contribution in [0.25, 0.3) is 0 Å². The Morgan fingerprint density at radius 3 is 2.87 bits per heavy atom. The lowest BCUT2D eigenvalue weighted by Gasteiger charge is -2.00. The van der Waals surface area contributed by atoms with Crippen LogP contribution in [0.1, 0.15) is 5.69 Å². The Labute approximate surface area is 84.9 Å². The first-order valence-electron chi connectivity index (χ1n) is 4.27. The standard InChI is InChI=1S/C10H8FNO3/c11-8-3-1-2-4-9(8)15-10-12-7(5-13)6-14-10/h1-4,6,13H,5H2. The van der Waals surface area contributed by atoms with Crippen LogP contribution in [-0.4, -0.2) is 10.1 Å². The molecule has 15 heavy (non-hydrogen) atoms. The molecular formula is C10H8FNO3. The second kappa shape index (κ2) is 4.10. The van der Waals surface area contributed by atoms with Crippen LogP contribution in [0, 0.1) is 5.82 Å². The van der Waals surface area contributed by atoms with E-state index < -0.39 is 5.82 Å². The van der Waals surface area contributed by atoms with Crippen LogP contribution >= 0.6 is 0 Å². The quantitative estimate of drug-likeness (QED) is 0.840. The van der Waals surface area contributed by atoms with Crippen LogP contribution in [0.2, 0.25) is 0 Å². The number of rotatable bonds is 3. The van der Waals surface area contributed by atoms with Crippen molar-refractivity contribution in [3.63, 3.8) is 0 Å². The SMILES string of the molecule is OCc1coc(Oc2ccccc2F)n1. The molecule has 78 valence electrons. The van der Waals surface area contributed by atoms with Gasteiger partial charge in [0, 0.05) is 0 Å². The molecule has 0 amide bonds. The van der Waals surface area contributed by atoms with Crippen molar-refractivity contribution >= 4 is 0 Å². The molecule has 0 saturated carbocycles. The van der Waals surface area contributed by atoms with Gasteiger partial charge in [0.15, 0.2) is 11.6 Å². The lowest BCUT2D eigenvalue weighted by atomic mass is 10.3. The Kier molecular flexibility index (Phi) is 2.64. The molecule has 0 aliphatic carbocycles. The highest BCUT2D eigenvalue weighted by Gasteiger charge is 2.08. The summed E-state index contributed by atoms with van der Waals surface area (Å²) in [5.41, 5.74) is 0.335. The van der Waals surface area contributed by atoms with E-state index in [1.54, 1.807) is 12.1 Å². The summed E-state index contributed by atoms with van der Waals surface area (Å²) >= 11 is 0. The highest BCUT2D eigenvalue weighted by atomic mass is 19.1. The third-order valence-electron chi connectivity index (χ3n) is 1.73. The van der Waals surface area contributed by atoms with Gasteiger partial charge in [-0.05, 0) is 12.1 Å². The Morgan fingerprint density at radius 2 is 2.20 bits per heavy atom. The predicted octanol–water partition coefficient (Wildman–Crippen LogP) is 2.10. The Bertz CT molecular complexity index is 455. The molecule has 2 rings (SSSR count). The van der Waals surface area contributed by atoms with Crippen LogP contribution in [0.3, 0.4) is 0 Å². The van der Waals surface area contributed by atoms with Crippen LogP contribution in [0.5, 0.6) is 11.8 Å². The average Bonchev–Trinajstić information content (AvgIpc) is 2.69. The number of para-hydroxylation sites is 1. The zero-order valence-corrected chi connectivity index (χ0v) is 7.68. The van der Waals surface area contributed by atoms with Gasteiger partial charge in [-0.3, -0.25) is 0 Å². The van der Waals surface area contributed by atoms with Crippen molar-refractivity contribution in [1.82, 2.24) is 4.98 Å². The molecule has 0 fully saturated rings. The summed E-state index contributed by atoms with van der Waals surface area (Å²) in [6.45, 7) is -0.246. The average molecular weight is 209 g/mol. The second-order valence-corrected chi connectivity index (χ2v) is 2.80. The van der Waals surface area contributed by atoms with E-state index in [4.69, 9.17) is 14.3 Å². The highest BCUT2D eigenvalue weighted by Crippen LogP contribution is 2.23. The van der Waals surface area contributed by atoms with E-state index in [9.17, 15) is 4.39 Å². The topological polar surface area (TPSA) is 55.5 Å². The van der Waals surface area contributed by atoms with Crippen LogP contribution < -0.4 is 4.74 Å². The second-order valence-electron chi connectivity index (χ2n) is 2.80. The molecule has 0 aliphatic heterocycles. The summed E-state index contributed by atoms with van der Waals surface area (Å²) in [6.07, 6.45) is 1.15. The maximum Gasteiger partial charge on any atom is 0.399 e. The molecule has 1 N–H and O–H groups in total. The number of aromatic nitrogens is 1. The molecule has 0 bridgehead atoms. The zero-order chi connectivity index (χ0) is 10.7. The van der Waals surface area contributed by atoms with Gasteiger partial charge in [0.25, 0.3) is 0 Å². The summed E-state index contributed by atoms with van der Waals surface area (Å²) in [4.78, 5) is 3.76. The van der Waals surface area contributed by atoms with Gasteiger partial charge in [-0.2, -0.15) is 4.98 Å². The van der Waals surface area contributed by atoms with Crippen LogP contribution in [-0.2, 0) is 6.61 Å². The largest absolute Gasteiger partial charge is 0.417 e. The summed E-state index contributed by atoms with van der Waals surface area (Å²) in [7, 11) is 0. The van der Waals surface area contributed by atoms with Crippen molar-refractivity contribution in [1.29, 1.82) is 0 Å². The fourth-order valence-corrected chi connectivity index (χ4v) is 1.03. The third kappa shape index (κ3) is 2.13. The number of nitrogens with zero attached hydrogens (tertiary/aromatic N) is 1. The van der Waals surface area contributed by atoms with Crippen molar-refractivity contribution < 1.29 is 18.7 Å². The number of oxazole rings is 1. The van der Waals surface area contributed by atoms with E-state index >= 15 is 0 Å². The molecule has 5 heteroatoms. The Morgan fingerprint density at radius 1 is 1.40 bits per heavy atom. The van der Waals surface area contributed by atoms with E-state index in [0.717, 1.165) is 0 Å². The van der Waals surface area contributed by atoms with Crippen LogP contribution in [0.4, 0.5) is 4.39 Å². The molecule has 0 radical (unpaired) electrons. The normalized spacial score (nSPS) is 10.3. The maximum atomic E-state index is 13.1. The lowest BCUT2D eigenvalue weighted by molar-refractivity contribution is 0.276. The van der Waals surface area contributed by atoms with Gasteiger partial charge in [0.2, 0.25) is 0 Å². The fourth-order valence-electron chi connectivity index (χ4n) is 1.03. The predicted molar refractivity (Wildman–Crippen MR) is 48.9 cm³/mol. The van der Waals surface area contributed by atoms with E-state index in [2.05, 4.69) is 4.98 Å². The van der Waals surface area contributed by atoms with Gasteiger partial charge in [0.1, 0.15) is 12.0 Å². The van der Waals surface area contributed by atoms with Gasteiger partial charge in [0.05, 0.1) is 6.61 Å². The zero-order valence-electron chi connectivity index (χ0n) is 7.68. The summed E-state index contributed by atoms with van der Waals surface area (Å²) < 4.78 is 23.0. The third-order valence-corrected chi connectivity index (χ3v) is 1.73. The minimum Gasteiger partial charge on any atom is -0.417 e. The van der Waals surface area contributed by atoms with Crippen molar-refractivity contribution in [2.45, 2.75) is 6.61 Å². The molecule has 1 heterocycles. The lowest BCUT2D eigenvalue weighted by Crippen LogP contribution is -1.88. The molecule has 2 aromatic rings. The molecule has 0 aliphatic rings. The van der Waals surface area contributed by atoms with E-state index in [1.165, 1.54) is 18.4 Å². The summed E-state index contributed by atoms with van der Waals surface area (Å²) in [5.74, 6) is -0.468. The van der Waals surface area contributed by atoms with Gasteiger partial charge in [-0.15, -0.1) is 0 Å². The first-order valence-corrected chi connectivity index (χ1v) is 4.27. The van der Waals surface area contributed by atoms with Gasteiger partial charge >= 0.3 is 6.08 Å². The minimum atomic E-state index is -0.499. The number of hydrogen-bond acceptors (Lipinski definition) is 4. The fraction of sp³-hybridized carbons (Fsp3) is 0.100. The number of aliphatic hydroxyl groups excluding tert-OH is 1. The number of benzene rings is 1. The molecule has 0 saturated heterocycles. The number of ether oxygens (including phenoxy) is 1. The van der Waals surface area contributed by atoms with Crippen molar-refractivity contribution in [3.05, 3.63) is 42.0 Å². The van der Waals surface area contributed by atoms with E-state index in [0.29, 0.717) is 5.69 Å². The van der Waals surface area contributed by atoms with Crippen molar-refractivity contribution in [3.8, 4) is 11.8 Å². The van der Waals surface area contributed by atoms with Crippen LogP contribution in [0.15, 0.2) is 34.9 Å². The van der Waals surface area contributed by atoms with E-state index in [-0.39, 0.29) is 18.4 Å². The van der Waals surface area contributed by atoms with Gasteiger partial charge in [-0.25, -0.2) is 4.39 Å². The smallest absolute Gasteiger partial charge is 0.399 e. The minimum absolute atomic E-state index is 0.0313. The molecular weight excluding hydrogens is 201 g/mol. The van der Waals surface area contributed by atoms with Gasteiger partial charge < -0.3 is 14.3 Å². The highest BCUT2D eigenvalue weighted by molar-refractivity contribution is 5.25. The summed E-state index contributed by atoms with van der Waals surface area (Å²) in [6, 6.07) is 5.91. The Hall–Kier alpha value is -1.88. The van der Waals surface area contributed by atoms with Gasteiger partial charge in [-0.1, -0.05) is 12.1 Å². The number of halogens is 1. The monoisotopic (exact) mass is 209 g/mol. The molecule has 0 unspecified atom stereocenters. The first kappa shape index (κ1) is 9.67. The molecule has 0 spiro atoms. The van der Waals surface area contributed by atoms with E-state index in [1.807, 2.05) is 0 Å². The van der Waals surface area contributed by atoms with Crippen molar-refractivity contribution in [2.75, 3.05) is 0 Å². The molecule has 1 aromatic carbocycles. The first-order chi connectivity index (χ1) is 7.29.